The highest BCUT2D eigenvalue weighted by atomic mass is 19.1. The van der Waals surface area contributed by atoms with Gasteiger partial charge >= 0.3 is 0 Å². The van der Waals surface area contributed by atoms with Gasteiger partial charge in [0.15, 0.2) is 0 Å². The topological polar surface area (TPSA) is 71.5 Å². The van der Waals surface area contributed by atoms with Crippen molar-refractivity contribution in [1.29, 1.82) is 0 Å². The molecule has 3 aromatic rings. The number of amides is 2. The van der Waals surface area contributed by atoms with E-state index in [1.807, 2.05) is 13.0 Å². The number of halogens is 1. The molecule has 0 bridgehead atoms. The fourth-order valence-corrected chi connectivity index (χ4v) is 4.11. The average molecular weight is 448 g/mol. The summed E-state index contributed by atoms with van der Waals surface area (Å²) in [5.41, 5.74) is 3.14. The van der Waals surface area contributed by atoms with Crippen molar-refractivity contribution >= 4 is 17.5 Å². The Labute approximate surface area is 192 Å². The lowest BCUT2D eigenvalue weighted by atomic mass is 9.89. The number of ether oxygens (including phenoxy) is 1. The molecule has 2 aromatic carbocycles. The number of likely N-dealkylation sites (tertiary alicyclic amines) is 1. The van der Waals surface area contributed by atoms with E-state index >= 15 is 0 Å². The number of aromatic nitrogens is 1. The van der Waals surface area contributed by atoms with Crippen LogP contribution in [0, 0.1) is 12.7 Å². The lowest BCUT2D eigenvalue weighted by molar-refractivity contribution is 0.0710. The summed E-state index contributed by atoms with van der Waals surface area (Å²) in [5.74, 6) is -0.0564. The van der Waals surface area contributed by atoms with Crippen LogP contribution in [0.2, 0.25) is 0 Å². The highest BCUT2D eigenvalue weighted by Crippen LogP contribution is 2.30. The summed E-state index contributed by atoms with van der Waals surface area (Å²) in [7, 11) is 1.59. The molecular weight excluding hydrogens is 421 g/mol. The highest BCUT2D eigenvalue weighted by Gasteiger charge is 2.28. The van der Waals surface area contributed by atoms with Gasteiger partial charge in [-0.2, -0.15) is 0 Å². The summed E-state index contributed by atoms with van der Waals surface area (Å²) >= 11 is 0. The van der Waals surface area contributed by atoms with Gasteiger partial charge in [-0.1, -0.05) is 6.07 Å². The van der Waals surface area contributed by atoms with Crippen LogP contribution >= 0.6 is 0 Å². The molecule has 1 aliphatic rings. The van der Waals surface area contributed by atoms with Gasteiger partial charge in [0, 0.05) is 36.0 Å². The number of carbonyl (C=O) groups excluding carboxylic acids is 2. The molecule has 1 aliphatic heterocycles. The van der Waals surface area contributed by atoms with Crippen LogP contribution in [0.3, 0.4) is 0 Å². The van der Waals surface area contributed by atoms with Gasteiger partial charge in [-0.25, -0.2) is 4.39 Å². The van der Waals surface area contributed by atoms with Crippen LogP contribution in [0.15, 0.2) is 60.7 Å². The maximum atomic E-state index is 13.5. The van der Waals surface area contributed by atoms with Gasteiger partial charge in [0.05, 0.1) is 18.4 Å². The van der Waals surface area contributed by atoms with E-state index in [0.717, 1.165) is 11.4 Å². The Morgan fingerprint density at radius 1 is 1.06 bits per heavy atom. The number of pyridine rings is 1. The van der Waals surface area contributed by atoms with E-state index in [0.29, 0.717) is 48.5 Å². The molecule has 7 heteroatoms. The van der Waals surface area contributed by atoms with Gasteiger partial charge in [0.1, 0.15) is 11.6 Å². The molecule has 170 valence electrons. The molecule has 33 heavy (non-hydrogen) atoms. The first-order valence-electron chi connectivity index (χ1n) is 10.9. The lowest BCUT2D eigenvalue weighted by Crippen LogP contribution is -2.38. The van der Waals surface area contributed by atoms with Crippen molar-refractivity contribution < 1.29 is 18.7 Å². The van der Waals surface area contributed by atoms with E-state index < -0.39 is 5.82 Å². The van der Waals surface area contributed by atoms with Crippen molar-refractivity contribution in [2.75, 3.05) is 25.5 Å². The van der Waals surface area contributed by atoms with Gasteiger partial charge < -0.3 is 15.0 Å². The summed E-state index contributed by atoms with van der Waals surface area (Å²) in [6, 6.07) is 16.5. The summed E-state index contributed by atoms with van der Waals surface area (Å²) in [6.07, 6.45) is 1.36. The van der Waals surface area contributed by atoms with Crippen LogP contribution in [0.1, 0.15) is 50.9 Å². The van der Waals surface area contributed by atoms with Crippen molar-refractivity contribution in [1.82, 2.24) is 9.88 Å². The first kappa shape index (κ1) is 22.5. The fourth-order valence-electron chi connectivity index (χ4n) is 4.11. The second kappa shape index (κ2) is 9.81. The minimum atomic E-state index is -0.424. The second-order valence-corrected chi connectivity index (χ2v) is 8.14. The minimum absolute atomic E-state index is 0.0538. The number of nitrogens with zero attached hydrogens (tertiary/aromatic N) is 2. The van der Waals surface area contributed by atoms with Crippen LogP contribution in [0.4, 0.5) is 10.1 Å². The summed E-state index contributed by atoms with van der Waals surface area (Å²) < 4.78 is 18.7. The number of nitrogens with one attached hydrogen (secondary N) is 1. The molecule has 2 heterocycles. The summed E-state index contributed by atoms with van der Waals surface area (Å²) in [4.78, 5) is 32.2. The van der Waals surface area contributed by atoms with Gasteiger partial charge in [-0.3, -0.25) is 14.6 Å². The molecule has 1 saturated heterocycles. The predicted molar refractivity (Wildman–Crippen MR) is 124 cm³/mol. The number of rotatable bonds is 5. The predicted octanol–water partition coefficient (Wildman–Crippen LogP) is 4.81. The van der Waals surface area contributed by atoms with Crippen LogP contribution in [-0.2, 0) is 0 Å². The van der Waals surface area contributed by atoms with E-state index in [1.54, 1.807) is 54.5 Å². The quantitative estimate of drug-likeness (QED) is 0.609. The number of benzene rings is 2. The third kappa shape index (κ3) is 5.19. The van der Waals surface area contributed by atoms with Crippen LogP contribution in [0.25, 0.3) is 0 Å². The van der Waals surface area contributed by atoms with E-state index in [2.05, 4.69) is 5.32 Å². The van der Waals surface area contributed by atoms with Gasteiger partial charge in [-0.15, -0.1) is 0 Å². The standard InChI is InChI=1S/C26H26FN3O3/c1-17-6-11-23(25(31)29-21-7-9-22(33-2)10-8-21)24(28-17)18-12-14-30(15-13-18)26(32)19-4-3-5-20(27)16-19/h3-11,16,18H,12-15H2,1-2H3,(H,29,31). The SMILES string of the molecule is COc1ccc(NC(=O)c2ccc(C)nc2C2CCN(C(=O)c3cccc(F)c3)CC2)cc1. The molecule has 1 aromatic heterocycles. The minimum Gasteiger partial charge on any atom is -0.497 e. The molecule has 4 rings (SSSR count). The molecule has 0 saturated carbocycles. The van der Waals surface area contributed by atoms with E-state index in [4.69, 9.17) is 9.72 Å². The largest absolute Gasteiger partial charge is 0.497 e. The Morgan fingerprint density at radius 2 is 1.79 bits per heavy atom. The number of hydrogen-bond acceptors (Lipinski definition) is 4. The molecule has 1 fully saturated rings. The average Bonchev–Trinajstić information content (AvgIpc) is 2.84. The number of hydrogen-bond donors (Lipinski definition) is 1. The Hall–Kier alpha value is -3.74. The van der Waals surface area contributed by atoms with Crippen molar-refractivity contribution in [3.8, 4) is 5.75 Å². The maximum Gasteiger partial charge on any atom is 0.257 e. The first-order chi connectivity index (χ1) is 15.9. The van der Waals surface area contributed by atoms with Crippen molar-refractivity contribution in [2.45, 2.75) is 25.7 Å². The van der Waals surface area contributed by atoms with E-state index in [9.17, 15) is 14.0 Å². The number of aryl methyl sites for hydroxylation is 1. The van der Waals surface area contributed by atoms with Gasteiger partial charge in [-0.05, 0) is 74.4 Å². The maximum absolute atomic E-state index is 13.5. The first-order valence-corrected chi connectivity index (χ1v) is 10.9. The molecule has 6 nitrogen and oxygen atoms in total. The Bertz CT molecular complexity index is 1160. The molecule has 0 aliphatic carbocycles. The molecule has 2 amide bonds. The van der Waals surface area contributed by atoms with Crippen LogP contribution < -0.4 is 10.1 Å². The number of carbonyl (C=O) groups is 2. The molecule has 0 radical (unpaired) electrons. The van der Waals surface area contributed by atoms with Gasteiger partial charge in [0.25, 0.3) is 11.8 Å². The summed E-state index contributed by atoms with van der Waals surface area (Å²) in [6.45, 7) is 2.95. The molecule has 1 N–H and O–H groups in total. The Morgan fingerprint density at radius 3 is 2.45 bits per heavy atom. The zero-order valence-corrected chi connectivity index (χ0v) is 18.7. The third-order valence-electron chi connectivity index (χ3n) is 5.90. The molecule has 0 spiro atoms. The van der Waals surface area contributed by atoms with Crippen molar-refractivity contribution in [2.24, 2.45) is 0 Å². The van der Waals surface area contributed by atoms with Crippen molar-refractivity contribution in [3.05, 3.63) is 89.0 Å². The second-order valence-electron chi connectivity index (χ2n) is 8.14. The zero-order valence-electron chi connectivity index (χ0n) is 18.7. The normalized spacial score (nSPS) is 14.1. The molecule has 0 atom stereocenters. The third-order valence-corrected chi connectivity index (χ3v) is 5.90. The number of piperidine rings is 1. The fraction of sp³-hybridized carbons (Fsp3) is 0.269. The monoisotopic (exact) mass is 447 g/mol. The molecule has 0 unspecified atom stereocenters. The van der Waals surface area contributed by atoms with Crippen molar-refractivity contribution in [3.63, 3.8) is 0 Å². The highest BCUT2D eigenvalue weighted by molar-refractivity contribution is 6.05. The number of methoxy groups -OCH3 is 1. The Kier molecular flexibility index (Phi) is 6.68. The van der Waals surface area contributed by atoms with E-state index in [-0.39, 0.29) is 17.7 Å². The molecular formula is C26H26FN3O3. The lowest BCUT2D eigenvalue weighted by Gasteiger charge is -2.32. The summed E-state index contributed by atoms with van der Waals surface area (Å²) in [5, 5.41) is 2.93. The number of anilines is 1. The zero-order chi connectivity index (χ0) is 23.4. The van der Waals surface area contributed by atoms with E-state index in [1.165, 1.54) is 12.1 Å². The Balaban J connectivity index is 1.47. The van der Waals surface area contributed by atoms with Crippen LogP contribution in [0.5, 0.6) is 5.75 Å². The smallest absolute Gasteiger partial charge is 0.257 e. The van der Waals surface area contributed by atoms with Crippen LogP contribution in [-0.4, -0.2) is 41.9 Å². The van der Waals surface area contributed by atoms with Gasteiger partial charge in [0.2, 0.25) is 0 Å².